The lowest BCUT2D eigenvalue weighted by Gasteiger charge is -2.20. The van der Waals surface area contributed by atoms with E-state index < -0.39 is 10.0 Å². The van der Waals surface area contributed by atoms with Crippen molar-refractivity contribution in [1.82, 2.24) is 9.62 Å². The second-order valence-corrected chi connectivity index (χ2v) is 7.78. The third-order valence-corrected chi connectivity index (χ3v) is 6.45. The molecule has 106 valence electrons. The summed E-state index contributed by atoms with van der Waals surface area (Å²) < 4.78 is 27.1. The molecule has 1 N–H and O–H groups in total. The van der Waals surface area contributed by atoms with Crippen LogP contribution >= 0.6 is 39.1 Å². The van der Waals surface area contributed by atoms with Crippen LogP contribution in [0.15, 0.2) is 21.5 Å². The number of halogens is 3. The maximum Gasteiger partial charge on any atom is 0.244 e. The Bertz CT molecular complexity index is 572. The van der Waals surface area contributed by atoms with Gasteiger partial charge in [-0.1, -0.05) is 23.2 Å². The van der Waals surface area contributed by atoms with Gasteiger partial charge in [-0.25, -0.2) is 8.42 Å². The molecule has 1 heterocycles. The summed E-state index contributed by atoms with van der Waals surface area (Å²) in [5, 5.41) is 3.70. The highest BCUT2D eigenvalue weighted by Gasteiger charge is 2.27. The maximum absolute atomic E-state index is 12.6. The summed E-state index contributed by atoms with van der Waals surface area (Å²) in [6, 6.07) is 2.90. The molecule has 1 aliphatic heterocycles. The number of hydrogen-bond acceptors (Lipinski definition) is 3. The van der Waals surface area contributed by atoms with E-state index in [2.05, 4.69) is 21.2 Å². The van der Waals surface area contributed by atoms with Crippen LogP contribution in [0.25, 0.3) is 0 Å². The standard InChI is InChI=1S/C11H13BrCl2N2O2S/c12-8-6-11(10(14)7-9(8)13)19(17,18)16-4-1-2-15-3-5-16/h6-7,15H,1-5H2. The van der Waals surface area contributed by atoms with E-state index in [9.17, 15) is 8.42 Å². The van der Waals surface area contributed by atoms with Gasteiger partial charge in [0.25, 0.3) is 0 Å². The van der Waals surface area contributed by atoms with Crippen LogP contribution < -0.4 is 5.32 Å². The number of nitrogens with one attached hydrogen (secondary N) is 1. The summed E-state index contributed by atoms with van der Waals surface area (Å²) in [7, 11) is -3.58. The Morgan fingerprint density at radius 3 is 2.63 bits per heavy atom. The zero-order chi connectivity index (χ0) is 14.0. The van der Waals surface area contributed by atoms with Crippen LogP contribution in [0.3, 0.4) is 0 Å². The Morgan fingerprint density at radius 1 is 1.16 bits per heavy atom. The largest absolute Gasteiger partial charge is 0.315 e. The molecule has 0 radical (unpaired) electrons. The third kappa shape index (κ3) is 3.43. The van der Waals surface area contributed by atoms with Gasteiger partial charge in [0, 0.05) is 24.1 Å². The van der Waals surface area contributed by atoms with Crippen LogP contribution in [0.4, 0.5) is 0 Å². The monoisotopic (exact) mass is 386 g/mol. The van der Waals surface area contributed by atoms with E-state index in [1.54, 1.807) is 0 Å². The lowest BCUT2D eigenvalue weighted by Crippen LogP contribution is -2.34. The van der Waals surface area contributed by atoms with Gasteiger partial charge < -0.3 is 5.32 Å². The van der Waals surface area contributed by atoms with Gasteiger partial charge in [0.1, 0.15) is 4.90 Å². The Hall–Kier alpha value is 0.150. The SMILES string of the molecule is O=S(=O)(c1cc(Br)c(Cl)cc1Cl)N1CCCNCC1. The number of hydrogen-bond donors (Lipinski definition) is 1. The van der Waals surface area contributed by atoms with Crippen molar-refractivity contribution in [2.75, 3.05) is 26.2 Å². The van der Waals surface area contributed by atoms with Crippen molar-refractivity contribution < 1.29 is 8.42 Å². The molecule has 1 aromatic rings. The molecule has 0 unspecified atom stereocenters. The van der Waals surface area contributed by atoms with E-state index in [1.165, 1.54) is 16.4 Å². The summed E-state index contributed by atoms with van der Waals surface area (Å²) in [6.07, 6.45) is 0.783. The van der Waals surface area contributed by atoms with E-state index in [0.29, 0.717) is 29.1 Å². The molecule has 0 spiro atoms. The molecule has 8 heteroatoms. The van der Waals surface area contributed by atoms with Crippen molar-refractivity contribution in [3.8, 4) is 0 Å². The molecule has 4 nitrogen and oxygen atoms in total. The van der Waals surface area contributed by atoms with Crippen molar-refractivity contribution >= 4 is 49.2 Å². The number of benzene rings is 1. The molecule has 0 bridgehead atoms. The van der Waals surface area contributed by atoms with Crippen LogP contribution in [0.1, 0.15) is 6.42 Å². The van der Waals surface area contributed by atoms with Gasteiger partial charge in [-0.2, -0.15) is 4.31 Å². The number of rotatable bonds is 2. The second-order valence-electron chi connectivity index (χ2n) is 4.20. The normalized spacial score (nSPS) is 18.3. The van der Waals surface area contributed by atoms with Crippen LogP contribution in [0.5, 0.6) is 0 Å². The quantitative estimate of drug-likeness (QED) is 0.793. The Morgan fingerprint density at radius 2 is 1.89 bits per heavy atom. The first-order chi connectivity index (χ1) is 8.93. The molecule has 1 saturated heterocycles. The molecule has 0 atom stereocenters. The van der Waals surface area contributed by atoms with Crippen LogP contribution in [-0.4, -0.2) is 38.9 Å². The lowest BCUT2D eigenvalue weighted by molar-refractivity contribution is 0.432. The first kappa shape index (κ1) is 15.5. The van der Waals surface area contributed by atoms with E-state index in [1.807, 2.05) is 0 Å². The third-order valence-electron chi connectivity index (χ3n) is 2.89. The predicted octanol–water partition coefficient (Wildman–Crippen LogP) is 2.74. The molecule has 19 heavy (non-hydrogen) atoms. The molecule has 2 rings (SSSR count). The summed E-state index contributed by atoms with van der Waals surface area (Å²) in [6.45, 7) is 2.40. The van der Waals surface area contributed by atoms with Crippen LogP contribution in [-0.2, 0) is 10.0 Å². The molecule has 1 aliphatic rings. The Kier molecular flexibility index (Phi) is 5.14. The maximum atomic E-state index is 12.6. The van der Waals surface area contributed by atoms with Crippen molar-refractivity contribution in [2.24, 2.45) is 0 Å². The van der Waals surface area contributed by atoms with E-state index in [-0.39, 0.29) is 9.92 Å². The molecular weight excluding hydrogens is 375 g/mol. The van der Waals surface area contributed by atoms with Gasteiger partial charge in [0.15, 0.2) is 0 Å². The zero-order valence-electron chi connectivity index (χ0n) is 10.00. The minimum Gasteiger partial charge on any atom is -0.315 e. The van der Waals surface area contributed by atoms with E-state index in [0.717, 1.165) is 13.0 Å². The van der Waals surface area contributed by atoms with Crippen LogP contribution in [0, 0.1) is 0 Å². The predicted molar refractivity (Wildman–Crippen MR) is 80.4 cm³/mol. The average molecular weight is 388 g/mol. The summed E-state index contributed by atoms with van der Waals surface area (Å²) in [5.74, 6) is 0. The average Bonchev–Trinajstić information content (AvgIpc) is 2.62. The molecule has 0 saturated carbocycles. The molecular formula is C11H13BrCl2N2O2S. The summed E-state index contributed by atoms with van der Waals surface area (Å²) in [5.41, 5.74) is 0. The van der Waals surface area contributed by atoms with Gasteiger partial charge >= 0.3 is 0 Å². The van der Waals surface area contributed by atoms with Gasteiger partial charge in [-0.15, -0.1) is 0 Å². The first-order valence-corrected chi connectivity index (χ1v) is 8.77. The fraction of sp³-hybridized carbons (Fsp3) is 0.455. The molecule has 1 fully saturated rings. The Balaban J connectivity index is 2.41. The van der Waals surface area contributed by atoms with Crippen molar-refractivity contribution in [3.63, 3.8) is 0 Å². The molecule has 1 aromatic carbocycles. The molecule has 0 aromatic heterocycles. The zero-order valence-corrected chi connectivity index (χ0v) is 13.9. The number of sulfonamides is 1. The fourth-order valence-electron chi connectivity index (χ4n) is 1.90. The second kappa shape index (κ2) is 6.28. The number of nitrogens with zero attached hydrogens (tertiary/aromatic N) is 1. The van der Waals surface area contributed by atoms with E-state index >= 15 is 0 Å². The summed E-state index contributed by atoms with van der Waals surface area (Å²) in [4.78, 5) is 0.0901. The van der Waals surface area contributed by atoms with Gasteiger partial charge in [0.2, 0.25) is 10.0 Å². The van der Waals surface area contributed by atoms with Crippen molar-refractivity contribution in [2.45, 2.75) is 11.3 Å². The highest BCUT2D eigenvalue weighted by molar-refractivity contribution is 9.10. The Labute approximate surface area is 131 Å². The minimum absolute atomic E-state index is 0.0901. The van der Waals surface area contributed by atoms with Crippen LogP contribution in [0.2, 0.25) is 10.0 Å². The van der Waals surface area contributed by atoms with Gasteiger partial charge in [-0.3, -0.25) is 0 Å². The molecule has 0 amide bonds. The highest BCUT2D eigenvalue weighted by atomic mass is 79.9. The van der Waals surface area contributed by atoms with Gasteiger partial charge in [-0.05, 0) is 41.0 Å². The minimum atomic E-state index is -3.58. The van der Waals surface area contributed by atoms with Crippen molar-refractivity contribution in [3.05, 3.63) is 26.7 Å². The lowest BCUT2D eigenvalue weighted by atomic mass is 10.4. The molecule has 0 aliphatic carbocycles. The summed E-state index contributed by atoms with van der Waals surface area (Å²) >= 11 is 15.1. The van der Waals surface area contributed by atoms with Gasteiger partial charge in [0.05, 0.1) is 10.0 Å². The highest BCUT2D eigenvalue weighted by Crippen LogP contribution is 2.33. The van der Waals surface area contributed by atoms with Crippen molar-refractivity contribution in [1.29, 1.82) is 0 Å². The topological polar surface area (TPSA) is 49.4 Å². The van der Waals surface area contributed by atoms with E-state index in [4.69, 9.17) is 23.2 Å². The fourth-order valence-corrected chi connectivity index (χ4v) is 4.62. The smallest absolute Gasteiger partial charge is 0.244 e. The first-order valence-electron chi connectivity index (χ1n) is 5.78.